The average molecular weight is 268 g/mol. The molecule has 3 aromatic heterocycles. The summed E-state index contributed by atoms with van der Waals surface area (Å²) in [6.45, 7) is 2.52. The summed E-state index contributed by atoms with van der Waals surface area (Å²) in [6.07, 6.45) is 6.21. The lowest BCUT2D eigenvalue weighted by molar-refractivity contribution is 0.577. The molecular formula is C15H16N4O. The zero-order chi connectivity index (χ0) is 13.7. The lowest BCUT2D eigenvalue weighted by atomic mass is 10.2. The van der Waals surface area contributed by atoms with Gasteiger partial charge in [-0.1, -0.05) is 0 Å². The van der Waals surface area contributed by atoms with E-state index in [0.29, 0.717) is 24.2 Å². The molecule has 0 atom stereocenters. The molecule has 5 nitrogen and oxygen atoms in total. The van der Waals surface area contributed by atoms with Crippen LogP contribution in [-0.4, -0.2) is 14.5 Å². The van der Waals surface area contributed by atoms with Crippen molar-refractivity contribution in [2.24, 2.45) is 5.73 Å². The van der Waals surface area contributed by atoms with E-state index in [9.17, 15) is 0 Å². The summed E-state index contributed by atoms with van der Waals surface area (Å²) in [5.74, 6) is 1.34. The Morgan fingerprint density at radius 3 is 2.90 bits per heavy atom. The molecule has 0 saturated heterocycles. The van der Waals surface area contributed by atoms with Crippen LogP contribution in [0.5, 0.6) is 0 Å². The van der Waals surface area contributed by atoms with Crippen molar-refractivity contribution in [3.05, 3.63) is 35.9 Å². The Labute approximate surface area is 116 Å². The molecule has 0 spiro atoms. The number of nitrogens with two attached hydrogens (primary N) is 1. The van der Waals surface area contributed by atoms with Crippen molar-refractivity contribution in [3.8, 4) is 11.6 Å². The molecule has 0 unspecified atom stereocenters. The number of aryl methyl sites for hydroxylation is 1. The van der Waals surface area contributed by atoms with Gasteiger partial charge in [0.1, 0.15) is 5.65 Å². The highest BCUT2D eigenvalue weighted by atomic mass is 16.3. The normalized spacial score (nSPS) is 15.1. The maximum absolute atomic E-state index is 5.86. The minimum Gasteiger partial charge on any atom is -0.461 e. The molecule has 1 aliphatic carbocycles. The summed E-state index contributed by atoms with van der Waals surface area (Å²) < 4.78 is 7.66. The minimum absolute atomic E-state index is 0.514. The van der Waals surface area contributed by atoms with E-state index >= 15 is 0 Å². The van der Waals surface area contributed by atoms with E-state index in [1.807, 2.05) is 19.1 Å². The Morgan fingerprint density at radius 2 is 2.25 bits per heavy atom. The Balaban J connectivity index is 2.00. The highest BCUT2D eigenvalue weighted by Crippen LogP contribution is 2.39. The Kier molecular flexibility index (Phi) is 2.44. The first-order valence-corrected chi connectivity index (χ1v) is 6.90. The number of fused-ring (bicyclic) bond motifs is 1. The van der Waals surface area contributed by atoms with Gasteiger partial charge in [0.2, 0.25) is 0 Å². The summed E-state index contributed by atoms with van der Waals surface area (Å²) in [5.41, 5.74) is 8.92. The van der Waals surface area contributed by atoms with Crippen LogP contribution in [0, 0.1) is 6.92 Å². The number of aromatic nitrogens is 3. The third-order valence-corrected chi connectivity index (χ3v) is 3.83. The Morgan fingerprint density at radius 1 is 1.40 bits per heavy atom. The van der Waals surface area contributed by atoms with Gasteiger partial charge in [0, 0.05) is 24.2 Å². The zero-order valence-electron chi connectivity index (χ0n) is 11.3. The Bertz CT molecular complexity index is 769. The van der Waals surface area contributed by atoms with Crippen molar-refractivity contribution in [1.29, 1.82) is 0 Å². The standard InChI is InChI=1S/C15H16N4O/c1-9-13-10(7-16)8-19(11-4-5-11)15(13)18-14(17-9)12-3-2-6-20-12/h2-3,6,8,11H,4-5,7,16H2,1H3. The lowest BCUT2D eigenvalue weighted by Gasteiger charge is -2.04. The molecule has 2 N–H and O–H groups in total. The van der Waals surface area contributed by atoms with Gasteiger partial charge in [0.05, 0.1) is 12.0 Å². The number of nitrogens with zero attached hydrogens (tertiary/aromatic N) is 3. The van der Waals surface area contributed by atoms with Crippen LogP contribution in [-0.2, 0) is 6.54 Å². The van der Waals surface area contributed by atoms with Gasteiger partial charge in [0.15, 0.2) is 11.6 Å². The fourth-order valence-electron chi connectivity index (χ4n) is 2.72. The number of furan rings is 1. The van der Waals surface area contributed by atoms with E-state index in [0.717, 1.165) is 22.3 Å². The van der Waals surface area contributed by atoms with Crippen molar-refractivity contribution in [3.63, 3.8) is 0 Å². The second-order valence-electron chi connectivity index (χ2n) is 5.31. The number of hydrogen-bond donors (Lipinski definition) is 1. The SMILES string of the molecule is Cc1nc(-c2ccco2)nc2c1c(CN)cn2C1CC1. The maximum Gasteiger partial charge on any atom is 0.197 e. The van der Waals surface area contributed by atoms with Crippen molar-refractivity contribution in [2.75, 3.05) is 0 Å². The molecule has 102 valence electrons. The van der Waals surface area contributed by atoms with Crippen LogP contribution in [0.25, 0.3) is 22.6 Å². The maximum atomic E-state index is 5.86. The Hall–Kier alpha value is -2.14. The van der Waals surface area contributed by atoms with E-state index in [1.165, 1.54) is 12.8 Å². The highest BCUT2D eigenvalue weighted by Gasteiger charge is 2.27. The lowest BCUT2D eigenvalue weighted by Crippen LogP contribution is -1.98. The van der Waals surface area contributed by atoms with E-state index in [1.54, 1.807) is 6.26 Å². The van der Waals surface area contributed by atoms with Gasteiger partial charge in [-0.15, -0.1) is 0 Å². The first kappa shape index (κ1) is 11.7. The molecule has 5 heteroatoms. The van der Waals surface area contributed by atoms with Gasteiger partial charge in [-0.2, -0.15) is 0 Å². The van der Waals surface area contributed by atoms with Crippen LogP contribution in [0.15, 0.2) is 29.0 Å². The monoisotopic (exact) mass is 268 g/mol. The first-order chi connectivity index (χ1) is 9.78. The fraction of sp³-hybridized carbons (Fsp3) is 0.333. The van der Waals surface area contributed by atoms with Crippen LogP contribution in [0.4, 0.5) is 0 Å². The molecule has 0 amide bonds. The molecular weight excluding hydrogens is 252 g/mol. The molecule has 0 aliphatic heterocycles. The second-order valence-corrected chi connectivity index (χ2v) is 5.31. The van der Waals surface area contributed by atoms with E-state index in [-0.39, 0.29) is 0 Å². The summed E-state index contributed by atoms with van der Waals surface area (Å²) in [5, 5.41) is 1.09. The zero-order valence-corrected chi connectivity index (χ0v) is 11.3. The van der Waals surface area contributed by atoms with Crippen molar-refractivity contribution >= 4 is 11.0 Å². The molecule has 3 aromatic rings. The van der Waals surface area contributed by atoms with E-state index in [2.05, 4.69) is 15.7 Å². The highest BCUT2D eigenvalue weighted by molar-refractivity contribution is 5.84. The average Bonchev–Trinajstić information content (AvgIpc) is 3.02. The van der Waals surface area contributed by atoms with Crippen molar-refractivity contribution in [2.45, 2.75) is 32.4 Å². The van der Waals surface area contributed by atoms with Gasteiger partial charge in [0.25, 0.3) is 0 Å². The van der Waals surface area contributed by atoms with Crippen LogP contribution >= 0.6 is 0 Å². The summed E-state index contributed by atoms with van der Waals surface area (Å²) in [7, 11) is 0. The molecule has 0 radical (unpaired) electrons. The first-order valence-electron chi connectivity index (χ1n) is 6.90. The van der Waals surface area contributed by atoms with Gasteiger partial charge in [-0.3, -0.25) is 0 Å². The van der Waals surface area contributed by atoms with Crippen LogP contribution in [0.2, 0.25) is 0 Å². The summed E-state index contributed by atoms with van der Waals surface area (Å²) in [4.78, 5) is 9.28. The summed E-state index contributed by atoms with van der Waals surface area (Å²) in [6, 6.07) is 4.30. The third-order valence-electron chi connectivity index (χ3n) is 3.83. The third kappa shape index (κ3) is 1.67. The van der Waals surface area contributed by atoms with Gasteiger partial charge < -0.3 is 14.7 Å². The summed E-state index contributed by atoms with van der Waals surface area (Å²) >= 11 is 0. The predicted octanol–water partition coefficient (Wildman–Crippen LogP) is 2.79. The molecule has 4 rings (SSSR count). The van der Waals surface area contributed by atoms with Crippen molar-refractivity contribution < 1.29 is 4.42 Å². The molecule has 0 aromatic carbocycles. The van der Waals surface area contributed by atoms with Crippen molar-refractivity contribution in [1.82, 2.24) is 14.5 Å². The van der Waals surface area contributed by atoms with Crippen LogP contribution in [0.1, 0.15) is 30.1 Å². The molecule has 3 heterocycles. The fourth-order valence-corrected chi connectivity index (χ4v) is 2.72. The smallest absolute Gasteiger partial charge is 0.197 e. The molecule has 1 saturated carbocycles. The molecule has 20 heavy (non-hydrogen) atoms. The number of hydrogen-bond acceptors (Lipinski definition) is 4. The van der Waals surface area contributed by atoms with Crippen LogP contribution < -0.4 is 5.73 Å². The van der Waals surface area contributed by atoms with E-state index < -0.39 is 0 Å². The second kappa shape index (κ2) is 4.18. The molecule has 0 bridgehead atoms. The van der Waals surface area contributed by atoms with Gasteiger partial charge in [-0.05, 0) is 37.5 Å². The molecule has 1 aliphatic rings. The topological polar surface area (TPSA) is 69.9 Å². The van der Waals surface area contributed by atoms with Gasteiger partial charge >= 0.3 is 0 Å². The minimum atomic E-state index is 0.514. The predicted molar refractivity (Wildman–Crippen MR) is 76.1 cm³/mol. The largest absolute Gasteiger partial charge is 0.461 e. The van der Waals surface area contributed by atoms with Crippen LogP contribution in [0.3, 0.4) is 0 Å². The van der Waals surface area contributed by atoms with Gasteiger partial charge in [-0.25, -0.2) is 9.97 Å². The molecule has 1 fully saturated rings. The quantitative estimate of drug-likeness (QED) is 0.793. The van der Waals surface area contributed by atoms with E-state index in [4.69, 9.17) is 15.1 Å². The number of rotatable bonds is 3.